The number of benzene rings is 4. The van der Waals surface area contributed by atoms with Crippen LogP contribution in [0, 0.1) is 5.92 Å². The molecule has 0 spiro atoms. The molecular formula is C45H47N5O7. The van der Waals surface area contributed by atoms with Crippen molar-refractivity contribution in [2.24, 2.45) is 5.92 Å². The van der Waals surface area contributed by atoms with E-state index in [4.69, 9.17) is 4.74 Å². The van der Waals surface area contributed by atoms with Gasteiger partial charge in [-0.3, -0.25) is 19.3 Å². The number of carbonyl (C=O) groups excluding carboxylic acids is 3. The number of hydrogen-bond donors (Lipinski definition) is 6. The number of phenolic OH excluding ortho intramolecular Hbond substituents is 1. The van der Waals surface area contributed by atoms with Gasteiger partial charge in [0.15, 0.2) is 5.54 Å². The lowest BCUT2D eigenvalue weighted by molar-refractivity contribution is -0.168. The Labute approximate surface area is 330 Å². The van der Waals surface area contributed by atoms with Crippen LogP contribution in [0.3, 0.4) is 0 Å². The SMILES string of the molecule is O=C(Cc1ccc(CC(=O)NC2(C(=O)O[C@H]3CN4CCC3CC4)CCc3ccccc32)cc1)Nc1ccc(CNC[C@H](O)c2ccc(O)c3[nH]c(=O)ccc23)cc1. The van der Waals surface area contributed by atoms with Crippen molar-refractivity contribution in [2.75, 3.05) is 31.5 Å². The Morgan fingerprint density at radius 3 is 2.28 bits per heavy atom. The molecule has 3 aliphatic heterocycles. The van der Waals surface area contributed by atoms with Gasteiger partial charge in [0.1, 0.15) is 11.9 Å². The zero-order valence-corrected chi connectivity index (χ0v) is 31.6. The third-order valence-corrected chi connectivity index (χ3v) is 11.7. The first-order valence-electron chi connectivity index (χ1n) is 19.7. The van der Waals surface area contributed by atoms with Gasteiger partial charge in [-0.25, -0.2) is 4.79 Å². The topological polar surface area (TPSA) is 173 Å². The number of nitrogens with one attached hydrogen (secondary N) is 4. The number of aliphatic hydroxyl groups is 1. The van der Waals surface area contributed by atoms with Gasteiger partial charge in [0.05, 0.1) is 24.5 Å². The monoisotopic (exact) mass is 769 g/mol. The summed E-state index contributed by atoms with van der Waals surface area (Å²) >= 11 is 0. The van der Waals surface area contributed by atoms with Crippen molar-refractivity contribution in [3.63, 3.8) is 0 Å². The molecule has 0 radical (unpaired) electrons. The number of aromatic amines is 1. The van der Waals surface area contributed by atoms with E-state index in [-0.39, 0.29) is 60.1 Å². The molecule has 4 aromatic carbocycles. The van der Waals surface area contributed by atoms with Crippen LogP contribution < -0.4 is 21.5 Å². The number of amides is 2. The quantitative estimate of drug-likeness (QED) is 0.0952. The van der Waals surface area contributed by atoms with Crippen LogP contribution in [0.2, 0.25) is 0 Å². The van der Waals surface area contributed by atoms with Gasteiger partial charge in [0.2, 0.25) is 17.4 Å². The number of aromatic nitrogens is 1. The van der Waals surface area contributed by atoms with Gasteiger partial charge in [-0.1, -0.05) is 66.7 Å². The Kier molecular flexibility index (Phi) is 10.9. The number of aliphatic hydroxyl groups excluding tert-OH is 1. The molecule has 4 heterocycles. The lowest BCUT2D eigenvalue weighted by Gasteiger charge is -2.45. The standard InChI is InChI=1S/C45H47N5O7/c51-37-15-13-34(35-14-16-40(53)48-43(35)37)38(52)26-46-25-30-9-11-33(12-10-30)47-41(54)23-28-5-7-29(8-6-28)24-42(55)49-45(20-17-31-3-1-2-4-36(31)45)44(56)57-39-27-50-21-18-32(39)19-22-50/h1-16,32,38-39,46,51-52H,17-27H2,(H,47,54)(H,48,53)(H,49,55)/t38-,39-,45?/m0/s1. The number of aryl methyl sites for hydroxylation is 1. The predicted molar refractivity (Wildman–Crippen MR) is 215 cm³/mol. The molecule has 3 fully saturated rings. The number of aromatic hydroxyl groups is 1. The first kappa shape index (κ1) is 38.1. The van der Waals surface area contributed by atoms with Crippen molar-refractivity contribution in [1.29, 1.82) is 0 Å². The summed E-state index contributed by atoms with van der Waals surface area (Å²) in [5.41, 5.74) is 4.35. The molecular weight excluding hydrogens is 723 g/mol. The lowest BCUT2D eigenvalue weighted by Crippen LogP contribution is -2.56. The number of anilines is 1. The smallest absolute Gasteiger partial charge is 0.336 e. The van der Waals surface area contributed by atoms with Gasteiger partial charge in [-0.2, -0.15) is 0 Å². The van der Waals surface area contributed by atoms with Gasteiger partial charge < -0.3 is 35.9 Å². The number of nitrogens with zero attached hydrogens (tertiary/aromatic N) is 1. The van der Waals surface area contributed by atoms with E-state index in [1.54, 1.807) is 12.1 Å². The first-order chi connectivity index (χ1) is 27.6. The van der Waals surface area contributed by atoms with Gasteiger partial charge >= 0.3 is 5.97 Å². The second kappa shape index (κ2) is 16.3. The van der Waals surface area contributed by atoms with E-state index in [0.717, 1.165) is 60.3 Å². The second-order valence-corrected chi connectivity index (χ2v) is 15.5. The molecule has 2 amide bonds. The summed E-state index contributed by atoms with van der Waals surface area (Å²) in [5.74, 6) is -0.511. The largest absolute Gasteiger partial charge is 0.506 e. The van der Waals surface area contributed by atoms with Gasteiger partial charge in [0.25, 0.3) is 0 Å². The fraction of sp³-hybridized carbons (Fsp3) is 0.333. The molecule has 5 aromatic rings. The fourth-order valence-electron chi connectivity index (χ4n) is 8.64. The van der Waals surface area contributed by atoms with E-state index < -0.39 is 11.6 Å². The zero-order valence-electron chi connectivity index (χ0n) is 31.6. The first-order valence-corrected chi connectivity index (χ1v) is 19.7. The summed E-state index contributed by atoms with van der Waals surface area (Å²) in [6, 6.07) is 28.6. The number of phenols is 1. The maximum absolute atomic E-state index is 14.0. The third kappa shape index (κ3) is 8.34. The molecule has 3 atom stereocenters. The van der Waals surface area contributed by atoms with Crippen LogP contribution in [0.15, 0.2) is 102 Å². The number of fused-ring (bicyclic) bond motifs is 5. The van der Waals surface area contributed by atoms with Gasteiger partial charge in [-0.15, -0.1) is 0 Å². The van der Waals surface area contributed by atoms with Crippen LogP contribution in [-0.2, 0) is 50.5 Å². The van der Waals surface area contributed by atoms with Crippen molar-refractivity contribution in [2.45, 2.75) is 62.8 Å². The van der Waals surface area contributed by atoms with Crippen molar-refractivity contribution in [3.8, 4) is 5.75 Å². The average Bonchev–Trinajstić information content (AvgIpc) is 3.59. The second-order valence-electron chi connectivity index (χ2n) is 15.5. The van der Waals surface area contributed by atoms with Crippen molar-refractivity contribution in [3.05, 3.63) is 141 Å². The Morgan fingerprint density at radius 1 is 0.860 bits per heavy atom. The van der Waals surface area contributed by atoms with Crippen LogP contribution in [0.5, 0.6) is 5.75 Å². The van der Waals surface area contributed by atoms with Crippen molar-refractivity contribution >= 4 is 34.4 Å². The predicted octanol–water partition coefficient (Wildman–Crippen LogP) is 4.38. The zero-order chi connectivity index (χ0) is 39.5. The number of esters is 1. The molecule has 1 aliphatic carbocycles. The minimum Gasteiger partial charge on any atom is -0.506 e. The van der Waals surface area contributed by atoms with Crippen LogP contribution in [0.1, 0.15) is 58.7 Å². The number of hydrogen-bond acceptors (Lipinski definition) is 9. The number of pyridine rings is 1. The summed E-state index contributed by atoms with van der Waals surface area (Å²) in [5, 5.41) is 30.8. The van der Waals surface area contributed by atoms with Crippen molar-refractivity contribution < 1.29 is 29.3 Å². The van der Waals surface area contributed by atoms with E-state index in [0.29, 0.717) is 41.9 Å². The molecule has 294 valence electrons. The minimum absolute atomic E-state index is 0.0612. The molecule has 4 aliphatic rings. The maximum atomic E-state index is 14.0. The third-order valence-electron chi connectivity index (χ3n) is 11.7. The summed E-state index contributed by atoms with van der Waals surface area (Å²) in [4.78, 5) is 57.2. The molecule has 3 saturated heterocycles. The molecule has 2 bridgehead atoms. The Balaban J connectivity index is 0.818. The maximum Gasteiger partial charge on any atom is 0.336 e. The Hall–Kier alpha value is -5.82. The number of piperidine rings is 3. The van der Waals surface area contributed by atoms with E-state index in [1.807, 2.05) is 72.8 Å². The van der Waals surface area contributed by atoms with Crippen LogP contribution in [-0.4, -0.2) is 70.2 Å². The van der Waals surface area contributed by atoms with Gasteiger partial charge in [0, 0.05) is 36.8 Å². The van der Waals surface area contributed by atoms with Crippen molar-refractivity contribution in [1.82, 2.24) is 20.5 Å². The van der Waals surface area contributed by atoms with Crippen LogP contribution in [0.25, 0.3) is 10.9 Å². The molecule has 0 saturated carbocycles. The van der Waals surface area contributed by atoms with Gasteiger partial charge in [-0.05, 0) is 102 Å². The minimum atomic E-state index is -1.22. The van der Waals surface area contributed by atoms with E-state index in [1.165, 1.54) is 12.1 Å². The summed E-state index contributed by atoms with van der Waals surface area (Å²) < 4.78 is 6.22. The Morgan fingerprint density at radius 2 is 1.56 bits per heavy atom. The fourth-order valence-corrected chi connectivity index (χ4v) is 8.64. The van der Waals surface area contributed by atoms with E-state index in [2.05, 4.69) is 25.8 Å². The average molecular weight is 770 g/mol. The highest BCUT2D eigenvalue weighted by Crippen LogP contribution is 2.40. The molecule has 1 aromatic heterocycles. The highest BCUT2D eigenvalue weighted by Gasteiger charge is 2.50. The summed E-state index contributed by atoms with van der Waals surface area (Å²) in [7, 11) is 0. The number of rotatable bonds is 13. The number of carbonyl (C=O) groups is 3. The number of H-pyrrole nitrogens is 1. The summed E-state index contributed by atoms with van der Waals surface area (Å²) in [6.07, 6.45) is 2.40. The van der Waals surface area contributed by atoms with E-state index >= 15 is 0 Å². The molecule has 12 heteroatoms. The lowest BCUT2D eigenvalue weighted by atomic mass is 9.85. The Bertz CT molecular complexity index is 2340. The number of ether oxygens (including phenoxy) is 1. The highest BCUT2D eigenvalue weighted by molar-refractivity contribution is 5.93. The normalized spacial score (nSPS) is 21.5. The van der Waals surface area contributed by atoms with Crippen LogP contribution in [0.4, 0.5) is 5.69 Å². The molecule has 9 rings (SSSR count). The summed E-state index contributed by atoms with van der Waals surface area (Å²) in [6.45, 7) is 3.56. The highest BCUT2D eigenvalue weighted by atomic mass is 16.5. The molecule has 6 N–H and O–H groups in total. The van der Waals surface area contributed by atoms with Crippen LogP contribution >= 0.6 is 0 Å². The molecule has 57 heavy (non-hydrogen) atoms. The molecule has 1 unspecified atom stereocenters. The molecule has 12 nitrogen and oxygen atoms in total. The van der Waals surface area contributed by atoms with E-state index in [9.17, 15) is 29.4 Å².